The first-order chi connectivity index (χ1) is 19.7. The van der Waals surface area contributed by atoms with Crippen LogP contribution in [0.25, 0.3) is 0 Å². The molecule has 0 aliphatic rings. The molecule has 244 valence electrons. The molecule has 0 aliphatic carbocycles. The average molecular weight is 606 g/mol. The second-order valence-electron chi connectivity index (χ2n) is 14.7. The predicted molar refractivity (Wildman–Crippen MR) is 182 cm³/mol. The van der Waals surface area contributed by atoms with Crippen LogP contribution in [0.2, 0.25) is 18.1 Å². The third-order valence-corrected chi connectivity index (χ3v) is 12.9. The number of carbonyl (C=O) groups is 1. The zero-order chi connectivity index (χ0) is 31.5. The van der Waals surface area contributed by atoms with Crippen LogP contribution in [0.3, 0.4) is 0 Å². The Labute approximate surface area is 261 Å². The van der Waals surface area contributed by atoms with Crippen molar-refractivity contribution in [3.8, 4) is 0 Å². The third kappa shape index (κ3) is 18.3. The summed E-state index contributed by atoms with van der Waals surface area (Å²) in [5.74, 6) is 0. The normalized spacial score (nSPS) is 14.0. The number of unbranched alkanes of at least 4 members (excludes halogenated alkanes) is 12. The molecule has 1 aromatic rings. The number of alkyl carbamates (subject to hydrolysis) is 1. The smallest absolute Gasteiger partial charge is 0.408 e. The van der Waals surface area contributed by atoms with Crippen LogP contribution in [0.15, 0.2) is 30.3 Å². The molecule has 6 heteroatoms. The molecule has 2 atom stereocenters. The van der Waals surface area contributed by atoms with Gasteiger partial charge in [-0.05, 0) is 50.9 Å². The molecule has 0 fully saturated rings. The van der Waals surface area contributed by atoms with Crippen molar-refractivity contribution in [3.63, 3.8) is 0 Å². The first kappa shape index (κ1) is 38.7. The molecule has 0 heterocycles. The van der Waals surface area contributed by atoms with Crippen LogP contribution < -0.4 is 5.32 Å². The maximum Gasteiger partial charge on any atom is 0.408 e. The van der Waals surface area contributed by atoms with E-state index in [9.17, 15) is 4.79 Å². The van der Waals surface area contributed by atoms with Crippen molar-refractivity contribution in [1.29, 1.82) is 0 Å². The largest absolute Gasteiger partial charge is 0.444 e. The lowest BCUT2D eigenvalue weighted by molar-refractivity contribution is 0.0200. The maximum absolute atomic E-state index is 12.9. The standard InChI is InChI=1S/C36H67NO4Si/c1-10-11-12-13-14-15-16-17-18-19-20-21-25-28-33(41-42(8,9)36(5,6)7)32(37-34(38)40-35(2,3)4)30-39-29-31-26-23-22-24-27-31/h22-24,26-27,32-33H,10-21,25,28-30H2,1-9H3,(H,37,38)/t32-,33+/m0/s1. The minimum Gasteiger partial charge on any atom is -0.444 e. The zero-order valence-electron chi connectivity index (χ0n) is 29.0. The van der Waals surface area contributed by atoms with Gasteiger partial charge in [-0.2, -0.15) is 0 Å². The Morgan fingerprint density at radius 3 is 1.76 bits per heavy atom. The van der Waals surface area contributed by atoms with Crippen LogP contribution in [0, 0.1) is 0 Å². The molecule has 0 unspecified atom stereocenters. The second-order valence-corrected chi connectivity index (χ2v) is 19.5. The Bertz CT molecular complexity index is 816. The SMILES string of the molecule is CCCCCCCCCCCCCCC[C@@H](O[Si](C)(C)C(C)(C)C)[C@H](COCc1ccccc1)NC(=O)OC(C)(C)C. The van der Waals surface area contributed by atoms with E-state index < -0.39 is 20.0 Å². The van der Waals surface area contributed by atoms with Gasteiger partial charge in [0.2, 0.25) is 0 Å². The fourth-order valence-corrected chi connectivity index (χ4v) is 6.23. The molecule has 0 aromatic heterocycles. The van der Waals surface area contributed by atoms with E-state index in [4.69, 9.17) is 13.9 Å². The molecule has 0 bridgehead atoms. The van der Waals surface area contributed by atoms with E-state index in [2.05, 4.69) is 58.2 Å². The van der Waals surface area contributed by atoms with E-state index in [-0.39, 0.29) is 17.2 Å². The molecule has 0 aliphatic heterocycles. The average Bonchev–Trinajstić information content (AvgIpc) is 2.89. The third-order valence-electron chi connectivity index (χ3n) is 8.40. The predicted octanol–water partition coefficient (Wildman–Crippen LogP) is 11.0. The molecular formula is C36H67NO4Si. The van der Waals surface area contributed by atoms with Crippen LogP contribution in [-0.2, 0) is 20.5 Å². The first-order valence-electron chi connectivity index (χ1n) is 17.0. The molecule has 0 spiro atoms. The highest BCUT2D eigenvalue weighted by molar-refractivity contribution is 6.74. The van der Waals surface area contributed by atoms with Crippen LogP contribution in [-0.4, -0.2) is 38.8 Å². The monoisotopic (exact) mass is 605 g/mol. The molecule has 5 nitrogen and oxygen atoms in total. The molecule has 1 rings (SSSR count). The number of hydrogen-bond acceptors (Lipinski definition) is 4. The zero-order valence-corrected chi connectivity index (χ0v) is 30.0. The molecule has 0 radical (unpaired) electrons. The van der Waals surface area contributed by atoms with Gasteiger partial charge in [-0.25, -0.2) is 4.79 Å². The Hall–Kier alpha value is -1.37. The Morgan fingerprint density at radius 1 is 0.786 bits per heavy atom. The summed E-state index contributed by atoms with van der Waals surface area (Å²) in [5.41, 5.74) is 0.552. The van der Waals surface area contributed by atoms with Gasteiger partial charge in [0, 0.05) is 0 Å². The van der Waals surface area contributed by atoms with Crippen molar-refractivity contribution in [2.45, 2.75) is 181 Å². The Morgan fingerprint density at radius 2 is 1.29 bits per heavy atom. The molecule has 42 heavy (non-hydrogen) atoms. The van der Waals surface area contributed by atoms with Crippen LogP contribution in [0.4, 0.5) is 4.79 Å². The molecule has 0 saturated heterocycles. The Kier molecular flexibility index (Phi) is 18.9. The lowest BCUT2D eigenvalue weighted by atomic mass is 10.0. The van der Waals surface area contributed by atoms with E-state index in [1.54, 1.807) is 0 Å². The van der Waals surface area contributed by atoms with Gasteiger partial charge in [0.25, 0.3) is 0 Å². The van der Waals surface area contributed by atoms with Crippen LogP contribution in [0.1, 0.15) is 144 Å². The number of nitrogens with one attached hydrogen (secondary N) is 1. The fraction of sp³-hybridized carbons (Fsp3) is 0.806. The highest BCUT2D eigenvalue weighted by Gasteiger charge is 2.41. The van der Waals surface area contributed by atoms with Gasteiger partial charge in [0.1, 0.15) is 5.60 Å². The second kappa shape index (κ2) is 20.6. The molecule has 0 saturated carbocycles. The molecule has 1 amide bonds. The number of amides is 1. The van der Waals surface area contributed by atoms with Gasteiger partial charge in [-0.15, -0.1) is 0 Å². The molecule has 1 aromatic carbocycles. The number of hydrogen-bond donors (Lipinski definition) is 1. The van der Waals surface area contributed by atoms with E-state index >= 15 is 0 Å². The molecule has 1 N–H and O–H groups in total. The first-order valence-corrected chi connectivity index (χ1v) is 19.9. The van der Waals surface area contributed by atoms with Crippen LogP contribution >= 0.6 is 0 Å². The highest BCUT2D eigenvalue weighted by Crippen LogP contribution is 2.38. The summed E-state index contributed by atoms with van der Waals surface area (Å²) in [7, 11) is -2.08. The lowest BCUT2D eigenvalue weighted by Crippen LogP contribution is -2.54. The van der Waals surface area contributed by atoms with Gasteiger partial charge in [0.15, 0.2) is 8.32 Å². The van der Waals surface area contributed by atoms with Crippen molar-refractivity contribution in [2.24, 2.45) is 0 Å². The van der Waals surface area contributed by atoms with Gasteiger partial charge in [0.05, 0.1) is 25.4 Å². The van der Waals surface area contributed by atoms with Gasteiger partial charge < -0.3 is 19.2 Å². The van der Waals surface area contributed by atoms with Gasteiger partial charge in [-0.1, -0.05) is 141 Å². The van der Waals surface area contributed by atoms with Crippen molar-refractivity contribution in [3.05, 3.63) is 35.9 Å². The number of ether oxygens (including phenoxy) is 2. The summed E-state index contributed by atoms with van der Waals surface area (Å²) in [4.78, 5) is 12.9. The molecular weight excluding hydrogens is 538 g/mol. The van der Waals surface area contributed by atoms with E-state index in [0.717, 1.165) is 18.4 Å². The van der Waals surface area contributed by atoms with Crippen molar-refractivity contribution >= 4 is 14.4 Å². The minimum absolute atomic E-state index is 0.0720. The van der Waals surface area contributed by atoms with Crippen molar-refractivity contribution < 1.29 is 18.7 Å². The summed E-state index contributed by atoms with van der Waals surface area (Å²) in [5, 5.41) is 3.21. The number of rotatable bonds is 22. The summed E-state index contributed by atoms with van der Waals surface area (Å²) in [6.45, 7) is 20.2. The number of benzene rings is 1. The van der Waals surface area contributed by atoms with Gasteiger partial charge in [-0.3, -0.25) is 0 Å². The highest BCUT2D eigenvalue weighted by atomic mass is 28.4. The lowest BCUT2D eigenvalue weighted by Gasteiger charge is -2.41. The topological polar surface area (TPSA) is 56.8 Å². The fourth-order valence-electron chi connectivity index (χ4n) is 4.84. The van der Waals surface area contributed by atoms with Crippen molar-refractivity contribution in [1.82, 2.24) is 5.32 Å². The quantitative estimate of drug-likeness (QED) is 0.105. The maximum atomic E-state index is 12.9. The van der Waals surface area contributed by atoms with Crippen LogP contribution in [0.5, 0.6) is 0 Å². The van der Waals surface area contributed by atoms with Crippen molar-refractivity contribution in [2.75, 3.05) is 6.61 Å². The van der Waals surface area contributed by atoms with E-state index in [0.29, 0.717) is 13.2 Å². The summed E-state index contributed by atoms with van der Waals surface area (Å²) in [6, 6.07) is 9.89. The van der Waals surface area contributed by atoms with Gasteiger partial charge >= 0.3 is 6.09 Å². The summed E-state index contributed by atoms with van der Waals surface area (Å²) in [6.07, 6.45) is 17.6. The van der Waals surface area contributed by atoms with E-state index in [1.165, 1.54) is 77.0 Å². The minimum atomic E-state index is -2.08. The number of carbonyl (C=O) groups excluding carboxylic acids is 1. The van der Waals surface area contributed by atoms with E-state index in [1.807, 2.05) is 39.0 Å². The summed E-state index contributed by atoms with van der Waals surface area (Å²) >= 11 is 0. The summed E-state index contributed by atoms with van der Waals surface area (Å²) < 4.78 is 18.8. The Balaban J connectivity index is 2.73.